The molecule has 0 bridgehead atoms. The summed E-state index contributed by atoms with van der Waals surface area (Å²) >= 11 is 0. The van der Waals surface area contributed by atoms with Gasteiger partial charge in [-0.25, -0.2) is 0 Å². The number of aromatic hydroxyl groups is 1. The van der Waals surface area contributed by atoms with Crippen molar-refractivity contribution in [3.8, 4) is 39.9 Å². The van der Waals surface area contributed by atoms with Gasteiger partial charge in [-0.15, -0.1) is 0 Å². The molecule has 0 unspecified atom stereocenters. The third-order valence-corrected chi connectivity index (χ3v) is 4.15. The average molecular weight is 340 g/mol. The van der Waals surface area contributed by atoms with E-state index in [0.29, 0.717) is 28.4 Å². The molecular weight excluding hydrogens is 320 g/mol. The zero-order valence-electron chi connectivity index (χ0n) is 14.6. The van der Waals surface area contributed by atoms with Gasteiger partial charge in [0.2, 0.25) is 0 Å². The zero-order chi connectivity index (χ0) is 18.0. The van der Waals surface area contributed by atoms with Crippen LogP contribution in [-0.4, -0.2) is 33.5 Å². The molecule has 0 aliphatic heterocycles. The third-order valence-electron chi connectivity index (χ3n) is 4.15. The van der Waals surface area contributed by atoms with Crippen molar-refractivity contribution in [1.29, 1.82) is 0 Å². The topological polar surface area (TPSA) is 57.2 Å². The minimum absolute atomic E-state index is 0.170. The van der Waals surface area contributed by atoms with Crippen LogP contribution in [0.2, 0.25) is 0 Å². The fourth-order valence-corrected chi connectivity index (χ4v) is 2.85. The van der Waals surface area contributed by atoms with Crippen molar-refractivity contribution in [2.45, 2.75) is 0 Å². The standard InChI is InChI=1S/C20H20O5/c1-22-17-6-5-12(9-18(17)23-2)13-7-14-10-19(24-3)20(25-4)11-15(14)16(21)8-13/h5-11,21H,1-4H3. The molecule has 1 N–H and O–H groups in total. The first-order chi connectivity index (χ1) is 12.1. The Hall–Kier alpha value is -3.08. The number of rotatable bonds is 5. The van der Waals surface area contributed by atoms with Gasteiger partial charge in [-0.3, -0.25) is 0 Å². The van der Waals surface area contributed by atoms with E-state index in [9.17, 15) is 5.11 Å². The van der Waals surface area contributed by atoms with Crippen LogP contribution in [-0.2, 0) is 0 Å². The molecule has 0 aliphatic rings. The summed E-state index contributed by atoms with van der Waals surface area (Å²) in [4.78, 5) is 0. The summed E-state index contributed by atoms with van der Waals surface area (Å²) in [6, 6.07) is 12.9. The van der Waals surface area contributed by atoms with Crippen LogP contribution in [0, 0.1) is 0 Å². The van der Waals surface area contributed by atoms with Gasteiger partial charge in [0, 0.05) is 5.39 Å². The fourth-order valence-electron chi connectivity index (χ4n) is 2.85. The van der Waals surface area contributed by atoms with Crippen molar-refractivity contribution in [3.63, 3.8) is 0 Å². The lowest BCUT2D eigenvalue weighted by molar-refractivity contribution is 0.355. The van der Waals surface area contributed by atoms with E-state index in [4.69, 9.17) is 18.9 Å². The molecular formula is C20H20O5. The Kier molecular flexibility index (Phi) is 4.57. The molecule has 5 nitrogen and oxygen atoms in total. The predicted molar refractivity (Wildman–Crippen MR) is 97.3 cm³/mol. The summed E-state index contributed by atoms with van der Waals surface area (Å²) in [5.74, 6) is 2.64. The number of ether oxygens (including phenoxy) is 4. The summed E-state index contributed by atoms with van der Waals surface area (Å²) in [5.41, 5.74) is 1.77. The van der Waals surface area contributed by atoms with Crippen LogP contribution in [0.3, 0.4) is 0 Å². The van der Waals surface area contributed by atoms with Crippen LogP contribution in [0.25, 0.3) is 21.9 Å². The van der Waals surface area contributed by atoms with Crippen molar-refractivity contribution < 1.29 is 24.1 Å². The van der Waals surface area contributed by atoms with Crippen molar-refractivity contribution in [3.05, 3.63) is 42.5 Å². The summed E-state index contributed by atoms with van der Waals surface area (Å²) in [6.45, 7) is 0. The second-order valence-electron chi connectivity index (χ2n) is 5.49. The molecule has 0 aromatic heterocycles. The van der Waals surface area contributed by atoms with E-state index >= 15 is 0 Å². The van der Waals surface area contributed by atoms with E-state index in [2.05, 4.69) is 0 Å². The van der Waals surface area contributed by atoms with Gasteiger partial charge in [-0.1, -0.05) is 6.07 Å². The molecule has 0 fully saturated rings. The van der Waals surface area contributed by atoms with Crippen LogP contribution >= 0.6 is 0 Å². The van der Waals surface area contributed by atoms with Gasteiger partial charge < -0.3 is 24.1 Å². The van der Waals surface area contributed by atoms with Gasteiger partial charge in [0.05, 0.1) is 28.4 Å². The Bertz CT molecular complexity index is 918. The molecule has 0 atom stereocenters. The molecule has 0 radical (unpaired) electrons. The summed E-state index contributed by atoms with van der Waals surface area (Å²) in [7, 11) is 6.34. The van der Waals surface area contributed by atoms with Gasteiger partial charge >= 0.3 is 0 Å². The Morgan fingerprint density at radius 1 is 0.600 bits per heavy atom. The molecule has 3 aromatic rings. The third kappa shape index (κ3) is 3.01. The lowest BCUT2D eigenvalue weighted by atomic mass is 9.99. The minimum atomic E-state index is 0.170. The number of phenols is 1. The summed E-state index contributed by atoms with van der Waals surface area (Å²) in [6.07, 6.45) is 0. The van der Waals surface area contributed by atoms with E-state index < -0.39 is 0 Å². The van der Waals surface area contributed by atoms with Gasteiger partial charge in [-0.05, 0) is 52.9 Å². The smallest absolute Gasteiger partial charge is 0.161 e. The van der Waals surface area contributed by atoms with Crippen LogP contribution < -0.4 is 18.9 Å². The van der Waals surface area contributed by atoms with Gasteiger partial charge in [0.25, 0.3) is 0 Å². The Balaban J connectivity index is 2.18. The first-order valence-corrected chi connectivity index (χ1v) is 7.72. The molecule has 0 amide bonds. The molecule has 3 aromatic carbocycles. The Morgan fingerprint density at radius 2 is 1.20 bits per heavy atom. The van der Waals surface area contributed by atoms with E-state index in [1.54, 1.807) is 40.6 Å². The Morgan fingerprint density at radius 3 is 1.84 bits per heavy atom. The van der Waals surface area contributed by atoms with Gasteiger partial charge in [-0.2, -0.15) is 0 Å². The van der Waals surface area contributed by atoms with Gasteiger partial charge in [0.15, 0.2) is 23.0 Å². The maximum atomic E-state index is 10.5. The SMILES string of the molecule is COc1ccc(-c2cc(O)c3cc(OC)c(OC)cc3c2)cc1OC. The fraction of sp³-hybridized carbons (Fsp3) is 0.200. The second kappa shape index (κ2) is 6.81. The van der Waals surface area contributed by atoms with Crippen molar-refractivity contribution in [2.75, 3.05) is 28.4 Å². The molecule has 0 heterocycles. The highest BCUT2D eigenvalue weighted by atomic mass is 16.5. The average Bonchev–Trinajstić information content (AvgIpc) is 2.66. The number of fused-ring (bicyclic) bond motifs is 1. The quantitative estimate of drug-likeness (QED) is 0.752. The van der Waals surface area contributed by atoms with E-state index in [1.807, 2.05) is 30.3 Å². The van der Waals surface area contributed by atoms with E-state index in [1.165, 1.54) is 0 Å². The molecule has 3 rings (SSSR count). The zero-order valence-corrected chi connectivity index (χ0v) is 14.6. The van der Waals surface area contributed by atoms with Gasteiger partial charge in [0.1, 0.15) is 5.75 Å². The van der Waals surface area contributed by atoms with Crippen LogP contribution in [0.4, 0.5) is 0 Å². The largest absolute Gasteiger partial charge is 0.507 e. The van der Waals surface area contributed by atoms with Crippen molar-refractivity contribution in [2.24, 2.45) is 0 Å². The molecule has 0 saturated carbocycles. The molecule has 0 saturated heterocycles. The first-order valence-electron chi connectivity index (χ1n) is 7.72. The number of hydrogen-bond donors (Lipinski definition) is 1. The Labute approximate surface area is 146 Å². The first kappa shape index (κ1) is 16.8. The highest BCUT2D eigenvalue weighted by Gasteiger charge is 2.12. The number of benzene rings is 3. The van der Waals surface area contributed by atoms with E-state index in [0.717, 1.165) is 16.5 Å². The summed E-state index contributed by atoms with van der Waals surface area (Å²) in [5, 5.41) is 12.0. The maximum Gasteiger partial charge on any atom is 0.161 e. The van der Waals surface area contributed by atoms with Crippen molar-refractivity contribution >= 4 is 10.8 Å². The highest BCUT2D eigenvalue weighted by molar-refractivity contribution is 5.95. The predicted octanol–water partition coefficient (Wildman–Crippen LogP) is 4.25. The minimum Gasteiger partial charge on any atom is -0.507 e. The number of hydrogen-bond acceptors (Lipinski definition) is 5. The van der Waals surface area contributed by atoms with Crippen LogP contribution in [0.15, 0.2) is 42.5 Å². The van der Waals surface area contributed by atoms with E-state index in [-0.39, 0.29) is 5.75 Å². The molecule has 130 valence electrons. The second-order valence-corrected chi connectivity index (χ2v) is 5.49. The lowest BCUT2D eigenvalue weighted by Crippen LogP contribution is -1.92. The number of methoxy groups -OCH3 is 4. The molecule has 0 spiro atoms. The van der Waals surface area contributed by atoms with Crippen LogP contribution in [0.5, 0.6) is 28.7 Å². The maximum absolute atomic E-state index is 10.5. The summed E-state index contributed by atoms with van der Waals surface area (Å²) < 4.78 is 21.3. The van der Waals surface area contributed by atoms with Crippen LogP contribution in [0.1, 0.15) is 0 Å². The monoisotopic (exact) mass is 340 g/mol. The van der Waals surface area contributed by atoms with Crippen molar-refractivity contribution in [1.82, 2.24) is 0 Å². The highest BCUT2D eigenvalue weighted by Crippen LogP contribution is 2.40. The normalized spacial score (nSPS) is 10.6. The number of phenolic OH excluding ortho intramolecular Hbond substituents is 1. The lowest BCUT2D eigenvalue weighted by Gasteiger charge is -2.13. The molecule has 5 heteroatoms. The molecule has 25 heavy (non-hydrogen) atoms. The molecule has 0 aliphatic carbocycles.